The van der Waals surface area contributed by atoms with E-state index in [0.29, 0.717) is 16.8 Å². The van der Waals surface area contributed by atoms with Gasteiger partial charge in [0.05, 0.1) is 14.6 Å². The molecular weight excluding hydrogens is 381 g/mol. The lowest BCUT2D eigenvalue weighted by atomic mass is 10.2. The Morgan fingerprint density at radius 1 is 1.47 bits per heavy atom. The van der Waals surface area contributed by atoms with Crippen molar-refractivity contribution in [1.29, 1.82) is 0 Å². The molecule has 0 radical (unpaired) electrons. The summed E-state index contributed by atoms with van der Waals surface area (Å²) in [6.45, 7) is 3.98. The minimum atomic E-state index is -0.456. The van der Waals surface area contributed by atoms with Gasteiger partial charge in [0.25, 0.3) is 10.9 Å². The van der Waals surface area contributed by atoms with Crippen LogP contribution < -0.4 is 4.74 Å². The minimum Gasteiger partial charge on any atom is -0.428 e. The molecule has 0 N–H and O–H groups in total. The Kier molecular flexibility index (Phi) is 4.30. The molecule has 2 aromatic rings. The molecule has 0 aliphatic carbocycles. The summed E-state index contributed by atoms with van der Waals surface area (Å²) in [4.78, 5) is 14.5. The minimum absolute atomic E-state index is 0.0102. The molecule has 1 aromatic heterocycles. The highest BCUT2D eigenvalue weighted by Gasteiger charge is 2.14. The molecule has 0 fully saturated rings. The molecule has 0 amide bonds. The standard InChI is InChI=1S/C11H10IN3O3S/c1-6(2)10-13-11(19-14-10)18-9-5-7(15(16)17)3-4-8(9)12/h3-6H,1-2H3. The average molecular weight is 391 g/mol. The Bertz CT molecular complexity index is 615. The zero-order valence-electron chi connectivity index (χ0n) is 10.2. The van der Waals surface area contributed by atoms with Gasteiger partial charge in [0, 0.05) is 23.5 Å². The molecule has 0 saturated heterocycles. The predicted octanol–water partition coefficient (Wildman–Crippen LogP) is 3.97. The van der Waals surface area contributed by atoms with Crippen LogP contribution in [0.2, 0.25) is 0 Å². The number of nitro benzene ring substituents is 1. The summed E-state index contributed by atoms with van der Waals surface area (Å²) < 4.78 is 10.5. The fourth-order valence-electron chi connectivity index (χ4n) is 1.27. The van der Waals surface area contributed by atoms with Gasteiger partial charge in [-0.25, -0.2) is 0 Å². The van der Waals surface area contributed by atoms with E-state index in [1.165, 1.54) is 12.1 Å². The summed E-state index contributed by atoms with van der Waals surface area (Å²) in [5.74, 6) is 1.35. The number of nitrogens with zero attached hydrogens (tertiary/aromatic N) is 3. The Morgan fingerprint density at radius 3 is 2.79 bits per heavy atom. The summed E-state index contributed by atoms with van der Waals surface area (Å²) in [7, 11) is 0. The second-order valence-electron chi connectivity index (χ2n) is 4.05. The van der Waals surface area contributed by atoms with Gasteiger partial charge in [-0.15, -0.1) is 0 Å². The van der Waals surface area contributed by atoms with Crippen molar-refractivity contribution in [3.05, 3.63) is 37.7 Å². The topological polar surface area (TPSA) is 78.2 Å². The van der Waals surface area contributed by atoms with Crippen LogP contribution >= 0.6 is 34.1 Å². The third kappa shape index (κ3) is 3.38. The van der Waals surface area contributed by atoms with Crippen LogP contribution in [-0.2, 0) is 0 Å². The van der Waals surface area contributed by atoms with Crippen LogP contribution in [-0.4, -0.2) is 14.3 Å². The van der Waals surface area contributed by atoms with Gasteiger partial charge in [0.1, 0.15) is 5.82 Å². The Hall–Kier alpha value is -1.29. The van der Waals surface area contributed by atoms with Crippen molar-refractivity contribution in [1.82, 2.24) is 9.36 Å². The van der Waals surface area contributed by atoms with Gasteiger partial charge < -0.3 is 4.74 Å². The molecule has 100 valence electrons. The maximum absolute atomic E-state index is 10.7. The summed E-state index contributed by atoms with van der Waals surface area (Å²) in [6, 6.07) is 4.46. The quantitative estimate of drug-likeness (QED) is 0.448. The number of hydrogen-bond donors (Lipinski definition) is 0. The lowest BCUT2D eigenvalue weighted by molar-refractivity contribution is -0.384. The highest BCUT2D eigenvalue weighted by Crippen LogP contribution is 2.31. The van der Waals surface area contributed by atoms with Crippen molar-refractivity contribution in [3.8, 4) is 10.9 Å². The van der Waals surface area contributed by atoms with Crippen molar-refractivity contribution in [2.24, 2.45) is 0 Å². The van der Waals surface area contributed by atoms with Gasteiger partial charge in [-0.05, 0) is 28.7 Å². The Labute approximate surface area is 127 Å². The van der Waals surface area contributed by atoms with Crippen LogP contribution in [0.25, 0.3) is 0 Å². The van der Waals surface area contributed by atoms with Crippen LogP contribution in [0.4, 0.5) is 5.69 Å². The highest BCUT2D eigenvalue weighted by molar-refractivity contribution is 14.1. The van der Waals surface area contributed by atoms with Crippen LogP contribution in [0.15, 0.2) is 18.2 Å². The molecular formula is C11H10IN3O3S. The van der Waals surface area contributed by atoms with E-state index in [1.807, 2.05) is 13.8 Å². The van der Waals surface area contributed by atoms with E-state index in [-0.39, 0.29) is 11.6 Å². The number of nitro groups is 1. The van der Waals surface area contributed by atoms with Crippen molar-refractivity contribution in [2.45, 2.75) is 19.8 Å². The van der Waals surface area contributed by atoms with Crippen LogP contribution in [0, 0.1) is 13.7 Å². The third-order valence-corrected chi connectivity index (χ3v) is 3.76. The monoisotopic (exact) mass is 391 g/mol. The molecule has 1 aromatic carbocycles. The normalized spacial score (nSPS) is 10.7. The largest absolute Gasteiger partial charge is 0.428 e. The Morgan fingerprint density at radius 2 is 2.21 bits per heavy atom. The highest BCUT2D eigenvalue weighted by atomic mass is 127. The summed E-state index contributed by atoms with van der Waals surface area (Å²) in [6.07, 6.45) is 0. The molecule has 6 nitrogen and oxygen atoms in total. The van der Waals surface area contributed by atoms with Crippen molar-refractivity contribution in [3.63, 3.8) is 0 Å². The molecule has 0 saturated carbocycles. The van der Waals surface area contributed by atoms with Gasteiger partial charge in [0.15, 0.2) is 5.75 Å². The molecule has 2 rings (SSSR count). The zero-order chi connectivity index (χ0) is 14.0. The van der Waals surface area contributed by atoms with Crippen LogP contribution in [0.5, 0.6) is 10.9 Å². The first-order valence-electron chi connectivity index (χ1n) is 5.42. The maximum atomic E-state index is 10.7. The van der Waals surface area contributed by atoms with Crippen molar-refractivity contribution in [2.75, 3.05) is 0 Å². The second-order valence-corrected chi connectivity index (χ2v) is 5.92. The number of benzene rings is 1. The van der Waals surface area contributed by atoms with Crippen LogP contribution in [0.3, 0.4) is 0 Å². The molecule has 0 spiro atoms. The molecule has 0 aliphatic heterocycles. The fourth-order valence-corrected chi connectivity index (χ4v) is 2.40. The first kappa shape index (κ1) is 14.1. The number of ether oxygens (including phenoxy) is 1. The average Bonchev–Trinajstić information content (AvgIpc) is 2.80. The molecule has 0 atom stereocenters. The summed E-state index contributed by atoms with van der Waals surface area (Å²) in [5.41, 5.74) is -0.0102. The number of aromatic nitrogens is 2. The number of non-ortho nitro benzene ring substituents is 1. The lowest BCUT2D eigenvalue weighted by Gasteiger charge is -2.03. The van der Waals surface area contributed by atoms with Gasteiger partial charge in [-0.3, -0.25) is 10.1 Å². The number of halogens is 1. The van der Waals surface area contributed by atoms with E-state index in [1.54, 1.807) is 6.07 Å². The van der Waals surface area contributed by atoms with Gasteiger partial charge in [-0.1, -0.05) is 13.8 Å². The molecule has 0 aliphatic rings. The molecule has 19 heavy (non-hydrogen) atoms. The number of hydrogen-bond acceptors (Lipinski definition) is 6. The maximum Gasteiger partial charge on any atom is 0.298 e. The predicted molar refractivity (Wildman–Crippen MR) is 79.9 cm³/mol. The van der Waals surface area contributed by atoms with Crippen molar-refractivity contribution >= 4 is 39.8 Å². The smallest absolute Gasteiger partial charge is 0.298 e. The van der Waals surface area contributed by atoms with Crippen LogP contribution in [0.1, 0.15) is 25.6 Å². The third-order valence-electron chi connectivity index (χ3n) is 2.26. The van der Waals surface area contributed by atoms with Gasteiger partial charge in [0.2, 0.25) is 0 Å². The van der Waals surface area contributed by atoms with Gasteiger partial charge >= 0.3 is 0 Å². The van der Waals surface area contributed by atoms with E-state index in [0.717, 1.165) is 15.1 Å². The van der Waals surface area contributed by atoms with E-state index in [2.05, 4.69) is 31.9 Å². The SMILES string of the molecule is CC(C)c1nsc(Oc2cc([N+](=O)[O-])ccc2I)n1. The molecule has 8 heteroatoms. The molecule has 0 bridgehead atoms. The van der Waals surface area contributed by atoms with Gasteiger partial charge in [-0.2, -0.15) is 9.36 Å². The van der Waals surface area contributed by atoms with E-state index in [9.17, 15) is 10.1 Å². The molecule has 1 heterocycles. The number of rotatable bonds is 4. The fraction of sp³-hybridized carbons (Fsp3) is 0.273. The van der Waals surface area contributed by atoms with E-state index in [4.69, 9.17) is 4.74 Å². The summed E-state index contributed by atoms with van der Waals surface area (Å²) >= 11 is 3.20. The first-order valence-corrected chi connectivity index (χ1v) is 7.28. The Balaban J connectivity index is 2.26. The van der Waals surface area contributed by atoms with E-state index >= 15 is 0 Å². The van der Waals surface area contributed by atoms with E-state index < -0.39 is 4.92 Å². The first-order chi connectivity index (χ1) is 8.97. The lowest BCUT2D eigenvalue weighted by Crippen LogP contribution is -1.93. The second kappa shape index (κ2) is 5.78. The summed E-state index contributed by atoms with van der Waals surface area (Å²) in [5, 5.41) is 11.1. The molecule has 0 unspecified atom stereocenters. The van der Waals surface area contributed by atoms with Crippen molar-refractivity contribution < 1.29 is 9.66 Å². The zero-order valence-corrected chi connectivity index (χ0v) is 13.1.